The van der Waals surface area contributed by atoms with Crippen molar-refractivity contribution in [3.63, 3.8) is 0 Å². The molecule has 0 fully saturated rings. The second-order valence-electron chi connectivity index (χ2n) is 5.90. The molecule has 1 aromatic carbocycles. The molecule has 0 unspecified atom stereocenters. The highest BCUT2D eigenvalue weighted by molar-refractivity contribution is 7.80. The Morgan fingerprint density at radius 3 is 2.29 bits per heavy atom. The molecule has 0 atom stereocenters. The largest absolute Gasteiger partial charge is 0.353 e. The molecule has 7 heteroatoms. The van der Waals surface area contributed by atoms with E-state index in [0.29, 0.717) is 5.11 Å². The Kier molecular flexibility index (Phi) is 5.56. The maximum atomic E-state index is 12.1. The fourth-order valence-electron chi connectivity index (χ4n) is 2.52. The third kappa shape index (κ3) is 4.55. The maximum Gasteiger partial charge on any atom is 0.243 e. The third-order valence-corrected chi connectivity index (χ3v) is 3.91. The lowest BCUT2D eigenvalue weighted by Crippen LogP contribution is -2.35. The topological polar surface area (TPSA) is 71.0 Å². The molecular formula is C17H23N5OS. The number of carbonyl (C=O) groups is 1. The number of aryl methyl sites for hydroxylation is 4. The van der Waals surface area contributed by atoms with Crippen LogP contribution in [-0.4, -0.2) is 27.3 Å². The van der Waals surface area contributed by atoms with Crippen LogP contribution in [-0.2, 0) is 11.8 Å². The first-order chi connectivity index (χ1) is 11.3. The van der Waals surface area contributed by atoms with Gasteiger partial charge in [-0.2, -0.15) is 5.10 Å². The van der Waals surface area contributed by atoms with E-state index < -0.39 is 0 Å². The van der Waals surface area contributed by atoms with Crippen molar-refractivity contribution < 1.29 is 4.79 Å². The average Bonchev–Trinajstić information content (AvgIpc) is 2.70. The molecule has 6 nitrogen and oxygen atoms in total. The summed E-state index contributed by atoms with van der Waals surface area (Å²) in [6, 6.07) is 6.10. The van der Waals surface area contributed by atoms with Gasteiger partial charge < -0.3 is 16.0 Å². The Morgan fingerprint density at radius 2 is 1.75 bits per heavy atom. The first-order valence-corrected chi connectivity index (χ1v) is 8.10. The Labute approximate surface area is 147 Å². The number of benzene rings is 1. The summed E-state index contributed by atoms with van der Waals surface area (Å²) in [7, 11) is 1.85. The molecule has 1 amide bonds. The van der Waals surface area contributed by atoms with Crippen molar-refractivity contribution in [2.24, 2.45) is 7.05 Å². The van der Waals surface area contributed by atoms with Crippen molar-refractivity contribution in [3.05, 3.63) is 40.7 Å². The number of rotatable bonds is 4. The van der Waals surface area contributed by atoms with Crippen LogP contribution >= 0.6 is 12.2 Å². The Bertz CT molecular complexity index is 761. The lowest BCUT2D eigenvalue weighted by Gasteiger charge is -2.12. The van der Waals surface area contributed by atoms with Gasteiger partial charge in [0.2, 0.25) is 5.91 Å². The highest BCUT2D eigenvalue weighted by Gasteiger charge is 2.12. The van der Waals surface area contributed by atoms with Crippen LogP contribution in [0, 0.1) is 27.7 Å². The molecule has 0 radical (unpaired) electrons. The summed E-state index contributed by atoms with van der Waals surface area (Å²) in [6.45, 7) is 7.92. The molecule has 24 heavy (non-hydrogen) atoms. The summed E-state index contributed by atoms with van der Waals surface area (Å²) in [5, 5.41) is 13.6. The highest BCUT2D eigenvalue weighted by atomic mass is 32.1. The van der Waals surface area contributed by atoms with Crippen molar-refractivity contribution in [1.82, 2.24) is 15.1 Å². The van der Waals surface area contributed by atoms with Crippen LogP contribution in [0.15, 0.2) is 18.2 Å². The normalized spacial score (nSPS) is 10.4. The predicted octanol–water partition coefficient (Wildman–Crippen LogP) is 2.58. The number of anilines is 2. The summed E-state index contributed by atoms with van der Waals surface area (Å²) in [5.41, 5.74) is 5.67. The van der Waals surface area contributed by atoms with E-state index in [1.807, 2.05) is 46.9 Å². The van der Waals surface area contributed by atoms with Crippen LogP contribution in [0.5, 0.6) is 0 Å². The van der Waals surface area contributed by atoms with Crippen LogP contribution in [0.2, 0.25) is 0 Å². The second kappa shape index (κ2) is 7.44. The van der Waals surface area contributed by atoms with E-state index >= 15 is 0 Å². The molecule has 1 aromatic heterocycles. The first kappa shape index (κ1) is 17.9. The molecule has 0 aliphatic rings. The minimum Gasteiger partial charge on any atom is -0.353 e. The highest BCUT2D eigenvalue weighted by Crippen LogP contribution is 2.18. The zero-order valence-electron chi connectivity index (χ0n) is 14.7. The molecule has 0 aliphatic carbocycles. The minimum atomic E-state index is -0.168. The van der Waals surface area contributed by atoms with E-state index in [2.05, 4.69) is 27.1 Å². The maximum absolute atomic E-state index is 12.1. The van der Waals surface area contributed by atoms with E-state index in [9.17, 15) is 4.79 Å². The lowest BCUT2D eigenvalue weighted by atomic mass is 10.1. The van der Waals surface area contributed by atoms with Gasteiger partial charge in [0.05, 0.1) is 23.6 Å². The van der Waals surface area contributed by atoms with Crippen molar-refractivity contribution in [2.75, 3.05) is 17.2 Å². The van der Waals surface area contributed by atoms with E-state index in [0.717, 1.165) is 33.9 Å². The van der Waals surface area contributed by atoms with Gasteiger partial charge in [0.15, 0.2) is 5.11 Å². The number of aromatic nitrogens is 2. The summed E-state index contributed by atoms with van der Waals surface area (Å²) in [4.78, 5) is 12.1. The van der Waals surface area contributed by atoms with Crippen molar-refractivity contribution >= 4 is 34.6 Å². The first-order valence-electron chi connectivity index (χ1n) is 7.69. The van der Waals surface area contributed by atoms with E-state index in [-0.39, 0.29) is 12.5 Å². The minimum absolute atomic E-state index is 0.0877. The summed E-state index contributed by atoms with van der Waals surface area (Å²) in [5.74, 6) is -0.168. The van der Waals surface area contributed by atoms with Crippen LogP contribution < -0.4 is 16.0 Å². The summed E-state index contributed by atoms with van der Waals surface area (Å²) in [6.07, 6.45) is 0. The van der Waals surface area contributed by atoms with Gasteiger partial charge in [0.25, 0.3) is 0 Å². The standard InChI is InChI=1S/C17H23N5OS/c1-10-6-11(2)8-14(7-10)19-17(24)18-9-15(23)20-16-12(3)21-22(5)13(16)4/h6-8H,9H2,1-5H3,(H,20,23)(H2,18,19,24). The van der Waals surface area contributed by atoms with Gasteiger partial charge in [-0.3, -0.25) is 9.48 Å². The van der Waals surface area contributed by atoms with Crippen LogP contribution in [0.25, 0.3) is 0 Å². The fraction of sp³-hybridized carbons (Fsp3) is 0.353. The smallest absolute Gasteiger partial charge is 0.243 e. The SMILES string of the molecule is Cc1cc(C)cc(NC(=S)NCC(=O)Nc2c(C)nn(C)c2C)c1. The molecule has 2 aromatic rings. The zero-order valence-corrected chi connectivity index (χ0v) is 15.5. The Balaban J connectivity index is 1.88. The van der Waals surface area contributed by atoms with Crippen molar-refractivity contribution in [2.45, 2.75) is 27.7 Å². The van der Waals surface area contributed by atoms with E-state index in [1.54, 1.807) is 4.68 Å². The molecule has 0 spiro atoms. The molecule has 0 saturated carbocycles. The second-order valence-corrected chi connectivity index (χ2v) is 6.31. The third-order valence-electron chi connectivity index (χ3n) is 3.66. The lowest BCUT2D eigenvalue weighted by molar-refractivity contribution is -0.115. The predicted molar refractivity (Wildman–Crippen MR) is 101 cm³/mol. The number of nitrogens with one attached hydrogen (secondary N) is 3. The molecular weight excluding hydrogens is 322 g/mol. The van der Waals surface area contributed by atoms with Gasteiger partial charge in [0, 0.05) is 12.7 Å². The van der Waals surface area contributed by atoms with Gasteiger partial charge in [0.1, 0.15) is 0 Å². The van der Waals surface area contributed by atoms with Gasteiger partial charge in [-0.15, -0.1) is 0 Å². The van der Waals surface area contributed by atoms with Crippen molar-refractivity contribution in [3.8, 4) is 0 Å². The quantitative estimate of drug-likeness (QED) is 0.743. The molecule has 0 saturated heterocycles. The molecule has 2 rings (SSSR count). The van der Waals surface area contributed by atoms with Gasteiger partial charge in [-0.1, -0.05) is 6.07 Å². The number of carbonyl (C=O) groups excluding carboxylic acids is 1. The fourth-order valence-corrected chi connectivity index (χ4v) is 2.71. The van der Waals surface area contributed by atoms with Gasteiger partial charge in [-0.25, -0.2) is 0 Å². The monoisotopic (exact) mass is 345 g/mol. The number of nitrogens with zero attached hydrogens (tertiary/aromatic N) is 2. The van der Waals surface area contributed by atoms with E-state index in [1.165, 1.54) is 0 Å². The number of amides is 1. The Morgan fingerprint density at radius 1 is 1.12 bits per heavy atom. The van der Waals surface area contributed by atoms with E-state index in [4.69, 9.17) is 12.2 Å². The molecule has 3 N–H and O–H groups in total. The Hall–Kier alpha value is -2.41. The number of thiocarbonyl (C=S) groups is 1. The summed E-state index contributed by atoms with van der Waals surface area (Å²) < 4.78 is 1.74. The van der Waals surface area contributed by atoms with Crippen LogP contribution in [0.4, 0.5) is 11.4 Å². The number of hydrogen-bond donors (Lipinski definition) is 3. The van der Waals surface area contributed by atoms with Gasteiger partial charge in [-0.05, 0) is 63.2 Å². The molecule has 1 heterocycles. The molecule has 128 valence electrons. The van der Waals surface area contributed by atoms with Crippen LogP contribution in [0.1, 0.15) is 22.5 Å². The molecule has 0 aliphatic heterocycles. The molecule has 0 bridgehead atoms. The number of hydrogen-bond acceptors (Lipinski definition) is 3. The van der Waals surface area contributed by atoms with Crippen LogP contribution in [0.3, 0.4) is 0 Å². The summed E-state index contributed by atoms with van der Waals surface area (Å²) >= 11 is 5.24. The van der Waals surface area contributed by atoms with Gasteiger partial charge >= 0.3 is 0 Å². The zero-order chi connectivity index (χ0) is 17.9. The average molecular weight is 345 g/mol. The van der Waals surface area contributed by atoms with Crippen molar-refractivity contribution in [1.29, 1.82) is 0 Å².